The molecule has 0 heterocycles. The van der Waals surface area contributed by atoms with Gasteiger partial charge in [-0.2, -0.15) is 4.99 Å². The van der Waals surface area contributed by atoms with E-state index in [2.05, 4.69) is 15.6 Å². The quantitative estimate of drug-likeness (QED) is 0.340. The van der Waals surface area contributed by atoms with Crippen LogP contribution in [0.5, 0.6) is 0 Å². The molecule has 1 atom stereocenters. The zero-order valence-corrected chi connectivity index (χ0v) is 9.73. The average Bonchev–Trinajstić information content (AvgIpc) is 2.38. The molecule has 5 heteroatoms. The minimum Gasteiger partial charge on any atom is -0.329 e. The Balaban J connectivity index is 2.42. The largest absolute Gasteiger partial charge is 0.329 e. The van der Waals surface area contributed by atoms with E-state index in [-0.39, 0.29) is 6.17 Å². The number of nitrogens with one attached hydrogen (secondary N) is 2. The molecule has 5 nitrogen and oxygen atoms in total. The van der Waals surface area contributed by atoms with Crippen LogP contribution in [0.4, 0.5) is 0 Å². The van der Waals surface area contributed by atoms with Crippen LogP contribution in [0.2, 0.25) is 0 Å². The Labute approximate surface area is 101 Å². The third-order valence-electron chi connectivity index (χ3n) is 2.26. The van der Waals surface area contributed by atoms with Crippen LogP contribution in [0.1, 0.15) is 11.7 Å². The van der Waals surface area contributed by atoms with Crippen molar-refractivity contribution in [3.63, 3.8) is 0 Å². The van der Waals surface area contributed by atoms with Crippen molar-refractivity contribution < 1.29 is 4.79 Å². The van der Waals surface area contributed by atoms with Gasteiger partial charge in [-0.3, -0.25) is 5.32 Å². The molecule has 0 fully saturated rings. The molecule has 1 unspecified atom stereocenters. The molecule has 0 bridgehead atoms. The number of aliphatic imine (C=N–C) groups is 1. The van der Waals surface area contributed by atoms with Gasteiger partial charge in [-0.25, -0.2) is 4.79 Å². The zero-order valence-electron chi connectivity index (χ0n) is 9.73. The number of nitrogens with zero attached hydrogens (tertiary/aromatic N) is 1. The zero-order chi connectivity index (χ0) is 12.3. The summed E-state index contributed by atoms with van der Waals surface area (Å²) in [5, 5.41) is 6.32. The van der Waals surface area contributed by atoms with Gasteiger partial charge in [0.2, 0.25) is 6.08 Å². The minimum atomic E-state index is -0.326. The number of hydrogen-bond acceptors (Lipinski definition) is 5. The van der Waals surface area contributed by atoms with Crippen molar-refractivity contribution in [2.75, 3.05) is 26.2 Å². The maximum atomic E-state index is 10.4. The molecule has 0 aliphatic rings. The molecule has 4 N–H and O–H groups in total. The van der Waals surface area contributed by atoms with Crippen molar-refractivity contribution >= 4 is 6.08 Å². The first-order chi connectivity index (χ1) is 8.38. The van der Waals surface area contributed by atoms with Gasteiger partial charge in [-0.05, 0) is 5.56 Å². The molecule has 17 heavy (non-hydrogen) atoms. The van der Waals surface area contributed by atoms with Crippen molar-refractivity contribution in [2.45, 2.75) is 6.17 Å². The van der Waals surface area contributed by atoms with Gasteiger partial charge in [0.15, 0.2) is 0 Å². The van der Waals surface area contributed by atoms with Crippen molar-refractivity contribution in [1.82, 2.24) is 10.6 Å². The summed E-state index contributed by atoms with van der Waals surface area (Å²) in [5.41, 5.74) is 6.31. The fourth-order valence-corrected chi connectivity index (χ4v) is 1.45. The van der Waals surface area contributed by atoms with E-state index in [1.165, 1.54) is 0 Å². The van der Waals surface area contributed by atoms with Crippen molar-refractivity contribution in [2.24, 2.45) is 10.7 Å². The first-order valence-corrected chi connectivity index (χ1v) is 5.64. The molecule has 0 radical (unpaired) electrons. The van der Waals surface area contributed by atoms with Gasteiger partial charge in [0, 0.05) is 26.2 Å². The predicted octanol–water partition coefficient (Wildman–Crippen LogP) is 0.159. The summed E-state index contributed by atoms with van der Waals surface area (Å²) in [6, 6.07) is 9.60. The highest BCUT2D eigenvalue weighted by molar-refractivity contribution is 5.35. The molecule has 1 aromatic rings. The molecule has 1 aromatic carbocycles. The Hall–Kier alpha value is -1.52. The van der Waals surface area contributed by atoms with E-state index in [4.69, 9.17) is 5.73 Å². The fourth-order valence-electron chi connectivity index (χ4n) is 1.45. The van der Waals surface area contributed by atoms with E-state index >= 15 is 0 Å². The maximum Gasteiger partial charge on any atom is 0.236 e. The van der Waals surface area contributed by atoms with Gasteiger partial charge in [-0.15, -0.1) is 0 Å². The minimum absolute atomic E-state index is 0.326. The molecule has 0 saturated carbocycles. The molecular weight excluding hydrogens is 216 g/mol. The molecule has 0 amide bonds. The Morgan fingerprint density at radius 2 is 2.00 bits per heavy atom. The molecule has 1 rings (SSSR count). The second-order valence-corrected chi connectivity index (χ2v) is 3.53. The van der Waals surface area contributed by atoms with Crippen LogP contribution < -0.4 is 16.4 Å². The molecule has 0 aliphatic heterocycles. The van der Waals surface area contributed by atoms with E-state index in [9.17, 15) is 4.79 Å². The summed E-state index contributed by atoms with van der Waals surface area (Å²) in [7, 11) is 0. The molecule has 92 valence electrons. The van der Waals surface area contributed by atoms with Gasteiger partial charge >= 0.3 is 0 Å². The number of isocyanates is 1. The summed E-state index contributed by atoms with van der Waals surface area (Å²) in [4.78, 5) is 14.1. The van der Waals surface area contributed by atoms with Crippen LogP contribution >= 0.6 is 0 Å². The molecule has 0 saturated heterocycles. The Kier molecular flexibility index (Phi) is 6.86. The summed E-state index contributed by atoms with van der Waals surface area (Å²) in [6.07, 6.45) is 1.26. The number of hydrogen-bond donors (Lipinski definition) is 3. The lowest BCUT2D eigenvalue weighted by Crippen LogP contribution is -2.32. The number of benzene rings is 1. The van der Waals surface area contributed by atoms with Crippen molar-refractivity contribution in [3.05, 3.63) is 35.9 Å². The van der Waals surface area contributed by atoms with Crippen molar-refractivity contribution in [3.8, 4) is 0 Å². The van der Waals surface area contributed by atoms with Crippen molar-refractivity contribution in [1.29, 1.82) is 0 Å². The van der Waals surface area contributed by atoms with E-state index in [1.54, 1.807) is 6.08 Å². The predicted molar refractivity (Wildman–Crippen MR) is 67.2 cm³/mol. The van der Waals surface area contributed by atoms with Gasteiger partial charge < -0.3 is 11.1 Å². The first kappa shape index (κ1) is 13.5. The van der Waals surface area contributed by atoms with Crippen LogP contribution in [0, 0.1) is 0 Å². The smallest absolute Gasteiger partial charge is 0.236 e. The monoisotopic (exact) mass is 234 g/mol. The number of nitrogens with two attached hydrogens (primary N) is 1. The van der Waals surface area contributed by atoms with Gasteiger partial charge in [-0.1, -0.05) is 30.3 Å². The third-order valence-corrected chi connectivity index (χ3v) is 2.26. The summed E-state index contributed by atoms with van der Waals surface area (Å²) in [6.45, 7) is 2.91. The van der Waals surface area contributed by atoms with Crippen LogP contribution in [-0.4, -0.2) is 32.3 Å². The van der Waals surface area contributed by atoms with Crippen LogP contribution in [0.15, 0.2) is 35.3 Å². The Morgan fingerprint density at radius 3 is 2.65 bits per heavy atom. The lowest BCUT2D eigenvalue weighted by molar-refractivity contribution is 0.517. The summed E-state index contributed by atoms with van der Waals surface area (Å²) in [5.74, 6) is 0. The van der Waals surface area contributed by atoms with E-state index in [0.29, 0.717) is 13.1 Å². The topological polar surface area (TPSA) is 79.5 Å². The van der Waals surface area contributed by atoms with E-state index < -0.39 is 0 Å². The molecular formula is C12H18N4O. The summed E-state index contributed by atoms with van der Waals surface area (Å²) >= 11 is 0. The van der Waals surface area contributed by atoms with Gasteiger partial charge in [0.05, 0.1) is 0 Å². The van der Waals surface area contributed by atoms with E-state index in [1.807, 2.05) is 30.3 Å². The normalized spacial score (nSPS) is 11.8. The second-order valence-electron chi connectivity index (χ2n) is 3.53. The van der Waals surface area contributed by atoms with E-state index in [0.717, 1.165) is 18.7 Å². The maximum absolute atomic E-state index is 10.4. The third kappa shape index (κ3) is 5.38. The molecule has 0 aromatic heterocycles. The summed E-state index contributed by atoms with van der Waals surface area (Å²) < 4.78 is 0. The highest BCUT2D eigenvalue weighted by atomic mass is 16.1. The first-order valence-electron chi connectivity index (χ1n) is 5.64. The standard InChI is InChI=1S/C12H18N4O/c13-6-7-14-8-9-15-12(16-10-17)11-4-2-1-3-5-11/h1-5,12,14-15H,6-9,13H2. The number of carbonyl (C=O) groups excluding carboxylic acids is 1. The van der Waals surface area contributed by atoms with Gasteiger partial charge in [0.1, 0.15) is 6.17 Å². The lowest BCUT2D eigenvalue weighted by Gasteiger charge is -2.13. The average molecular weight is 234 g/mol. The Bertz CT molecular complexity index is 349. The molecule has 0 aliphatic carbocycles. The fraction of sp³-hybridized carbons (Fsp3) is 0.417. The highest BCUT2D eigenvalue weighted by Gasteiger charge is 2.07. The number of rotatable bonds is 8. The van der Waals surface area contributed by atoms with Crippen LogP contribution in [-0.2, 0) is 4.79 Å². The second kappa shape index (κ2) is 8.61. The van der Waals surface area contributed by atoms with Crippen LogP contribution in [0.25, 0.3) is 0 Å². The molecule has 0 spiro atoms. The lowest BCUT2D eigenvalue weighted by atomic mass is 10.2. The SMILES string of the molecule is NCCNCCNC(N=C=O)c1ccccc1. The van der Waals surface area contributed by atoms with Gasteiger partial charge in [0.25, 0.3) is 0 Å². The Morgan fingerprint density at radius 1 is 1.24 bits per heavy atom. The van der Waals surface area contributed by atoms with Crippen LogP contribution in [0.3, 0.4) is 0 Å². The highest BCUT2D eigenvalue weighted by Crippen LogP contribution is 2.12.